The average Bonchev–Trinajstić information content (AvgIpc) is 3.40. The number of nitrogens with zero attached hydrogens (tertiary/aromatic N) is 3. The SMILES string of the molecule is O=C(c1cc(-c2ccc(OC(F)F)cc2)n[nH]1)N1CCN(Cc2ccco2)CC1. The van der Waals surface area contributed by atoms with E-state index in [1.807, 2.05) is 12.1 Å². The van der Waals surface area contributed by atoms with Crippen molar-refractivity contribution in [2.24, 2.45) is 0 Å². The molecule has 1 aromatic carbocycles. The van der Waals surface area contributed by atoms with E-state index in [0.29, 0.717) is 30.0 Å². The third kappa shape index (κ3) is 4.62. The van der Waals surface area contributed by atoms with Gasteiger partial charge >= 0.3 is 6.61 Å². The van der Waals surface area contributed by atoms with Gasteiger partial charge in [-0.25, -0.2) is 0 Å². The van der Waals surface area contributed by atoms with E-state index in [1.54, 1.807) is 29.4 Å². The van der Waals surface area contributed by atoms with Crippen molar-refractivity contribution in [1.82, 2.24) is 20.0 Å². The van der Waals surface area contributed by atoms with E-state index >= 15 is 0 Å². The van der Waals surface area contributed by atoms with Gasteiger partial charge in [-0.2, -0.15) is 13.9 Å². The second-order valence-corrected chi connectivity index (χ2v) is 6.72. The van der Waals surface area contributed by atoms with Gasteiger partial charge in [-0.1, -0.05) is 0 Å². The Morgan fingerprint density at radius 2 is 1.93 bits per heavy atom. The van der Waals surface area contributed by atoms with E-state index in [1.165, 1.54) is 12.1 Å². The molecule has 9 heteroatoms. The molecule has 1 N–H and O–H groups in total. The van der Waals surface area contributed by atoms with Gasteiger partial charge in [0.25, 0.3) is 5.91 Å². The van der Waals surface area contributed by atoms with Gasteiger partial charge in [0.15, 0.2) is 0 Å². The van der Waals surface area contributed by atoms with E-state index in [2.05, 4.69) is 19.8 Å². The number of furan rings is 1. The zero-order valence-electron chi connectivity index (χ0n) is 15.6. The Bertz CT molecular complexity index is 933. The van der Waals surface area contributed by atoms with Gasteiger partial charge < -0.3 is 14.1 Å². The molecule has 1 fully saturated rings. The molecule has 1 saturated heterocycles. The molecule has 7 nitrogen and oxygen atoms in total. The van der Waals surface area contributed by atoms with Crippen LogP contribution in [0.2, 0.25) is 0 Å². The summed E-state index contributed by atoms with van der Waals surface area (Å²) in [5.41, 5.74) is 1.66. The minimum Gasteiger partial charge on any atom is -0.468 e. The van der Waals surface area contributed by atoms with Crippen molar-refractivity contribution >= 4 is 5.91 Å². The van der Waals surface area contributed by atoms with Crippen molar-refractivity contribution < 1.29 is 22.7 Å². The lowest BCUT2D eigenvalue weighted by Crippen LogP contribution is -2.48. The van der Waals surface area contributed by atoms with Crippen molar-refractivity contribution in [2.75, 3.05) is 26.2 Å². The number of aromatic amines is 1. The lowest BCUT2D eigenvalue weighted by molar-refractivity contribution is -0.0498. The molecule has 1 aliphatic rings. The lowest BCUT2D eigenvalue weighted by atomic mass is 10.1. The summed E-state index contributed by atoms with van der Waals surface area (Å²) >= 11 is 0. The number of hydrogen-bond donors (Lipinski definition) is 1. The van der Waals surface area contributed by atoms with Crippen LogP contribution in [-0.4, -0.2) is 58.7 Å². The summed E-state index contributed by atoms with van der Waals surface area (Å²) in [4.78, 5) is 16.8. The standard InChI is InChI=1S/C20H20F2N4O3/c21-20(22)29-15-5-3-14(4-6-15)17-12-18(24-23-17)19(27)26-9-7-25(8-10-26)13-16-2-1-11-28-16/h1-6,11-12,20H,7-10,13H2,(H,23,24). The Morgan fingerprint density at radius 3 is 2.59 bits per heavy atom. The predicted octanol–water partition coefficient (Wildman–Crippen LogP) is 3.23. The second kappa shape index (κ2) is 8.44. The van der Waals surface area contributed by atoms with Gasteiger partial charge in [-0.15, -0.1) is 0 Å². The first-order valence-electron chi connectivity index (χ1n) is 9.23. The van der Waals surface area contributed by atoms with Gasteiger partial charge in [0.2, 0.25) is 0 Å². The topological polar surface area (TPSA) is 74.6 Å². The Morgan fingerprint density at radius 1 is 1.17 bits per heavy atom. The number of hydrogen-bond acceptors (Lipinski definition) is 5. The first-order valence-corrected chi connectivity index (χ1v) is 9.23. The van der Waals surface area contributed by atoms with Crippen LogP contribution in [0.4, 0.5) is 8.78 Å². The summed E-state index contributed by atoms with van der Waals surface area (Å²) < 4.78 is 34.2. The first kappa shape index (κ1) is 19.1. The summed E-state index contributed by atoms with van der Waals surface area (Å²) in [6, 6.07) is 11.6. The molecule has 1 amide bonds. The highest BCUT2D eigenvalue weighted by molar-refractivity contribution is 5.93. The molecule has 3 aromatic rings. The fourth-order valence-corrected chi connectivity index (χ4v) is 3.29. The van der Waals surface area contributed by atoms with Crippen LogP contribution < -0.4 is 4.74 Å². The van der Waals surface area contributed by atoms with E-state index in [9.17, 15) is 13.6 Å². The molecule has 0 saturated carbocycles. The molecule has 0 atom stereocenters. The minimum absolute atomic E-state index is 0.0722. The van der Waals surface area contributed by atoms with Gasteiger partial charge in [0.1, 0.15) is 17.2 Å². The number of carbonyl (C=O) groups is 1. The fraction of sp³-hybridized carbons (Fsp3) is 0.300. The summed E-state index contributed by atoms with van der Waals surface area (Å²) in [6.07, 6.45) is 1.66. The van der Waals surface area contributed by atoms with Crippen LogP contribution in [0, 0.1) is 0 Å². The second-order valence-electron chi connectivity index (χ2n) is 6.72. The third-order valence-corrected chi connectivity index (χ3v) is 4.80. The summed E-state index contributed by atoms with van der Waals surface area (Å²) in [5.74, 6) is 0.870. The van der Waals surface area contributed by atoms with E-state index in [0.717, 1.165) is 25.4 Å². The first-order chi connectivity index (χ1) is 14.1. The number of nitrogens with one attached hydrogen (secondary N) is 1. The van der Waals surface area contributed by atoms with Crippen LogP contribution in [0.3, 0.4) is 0 Å². The number of rotatable bonds is 6. The van der Waals surface area contributed by atoms with Gasteiger partial charge in [-0.3, -0.25) is 14.8 Å². The van der Waals surface area contributed by atoms with Crippen LogP contribution in [0.5, 0.6) is 5.75 Å². The van der Waals surface area contributed by atoms with E-state index in [4.69, 9.17) is 4.42 Å². The molecular formula is C20H20F2N4O3. The summed E-state index contributed by atoms with van der Waals surface area (Å²) in [6.45, 7) is 0.628. The number of piperazine rings is 1. The number of amides is 1. The molecule has 29 heavy (non-hydrogen) atoms. The maximum atomic E-state index is 12.8. The predicted molar refractivity (Wildman–Crippen MR) is 101 cm³/mol. The molecule has 0 radical (unpaired) electrons. The normalized spacial score (nSPS) is 15.1. The largest absolute Gasteiger partial charge is 0.468 e. The van der Waals surface area contributed by atoms with Crippen molar-refractivity contribution in [3.05, 3.63) is 60.2 Å². The number of ether oxygens (including phenoxy) is 1. The van der Waals surface area contributed by atoms with Crippen molar-refractivity contribution in [1.29, 1.82) is 0 Å². The molecule has 3 heterocycles. The molecule has 0 bridgehead atoms. The van der Waals surface area contributed by atoms with Crippen LogP contribution in [-0.2, 0) is 6.54 Å². The molecule has 152 valence electrons. The number of alkyl halides is 2. The zero-order chi connectivity index (χ0) is 20.2. The van der Waals surface area contributed by atoms with Crippen LogP contribution in [0.1, 0.15) is 16.2 Å². The molecule has 4 rings (SSSR count). The van der Waals surface area contributed by atoms with Gasteiger partial charge in [-0.05, 0) is 42.5 Å². The Balaban J connectivity index is 1.35. The van der Waals surface area contributed by atoms with Gasteiger partial charge in [0.05, 0.1) is 18.5 Å². The fourth-order valence-electron chi connectivity index (χ4n) is 3.29. The number of aromatic nitrogens is 2. The summed E-state index contributed by atoms with van der Waals surface area (Å²) in [7, 11) is 0. The smallest absolute Gasteiger partial charge is 0.387 e. The molecule has 0 aliphatic carbocycles. The van der Waals surface area contributed by atoms with Crippen molar-refractivity contribution in [3.63, 3.8) is 0 Å². The Kier molecular flexibility index (Phi) is 5.57. The third-order valence-electron chi connectivity index (χ3n) is 4.80. The highest BCUT2D eigenvalue weighted by atomic mass is 19.3. The van der Waals surface area contributed by atoms with Crippen LogP contribution >= 0.6 is 0 Å². The number of benzene rings is 1. The highest BCUT2D eigenvalue weighted by Gasteiger charge is 2.24. The Labute approximate surface area is 165 Å². The van der Waals surface area contributed by atoms with E-state index < -0.39 is 6.61 Å². The van der Waals surface area contributed by atoms with Crippen LogP contribution in [0.15, 0.2) is 53.1 Å². The Hall–Kier alpha value is -3.20. The molecule has 1 aliphatic heterocycles. The maximum absolute atomic E-state index is 12.8. The van der Waals surface area contributed by atoms with Crippen molar-refractivity contribution in [3.8, 4) is 17.0 Å². The average molecular weight is 402 g/mol. The molecule has 0 unspecified atom stereocenters. The monoisotopic (exact) mass is 402 g/mol. The van der Waals surface area contributed by atoms with Crippen LogP contribution in [0.25, 0.3) is 11.3 Å². The molecule has 2 aromatic heterocycles. The zero-order valence-corrected chi connectivity index (χ0v) is 15.6. The quantitative estimate of drug-likeness (QED) is 0.685. The van der Waals surface area contributed by atoms with Gasteiger partial charge in [0, 0.05) is 31.7 Å². The molecular weight excluding hydrogens is 382 g/mol. The molecule has 0 spiro atoms. The minimum atomic E-state index is -2.87. The number of H-pyrrole nitrogens is 1. The maximum Gasteiger partial charge on any atom is 0.387 e. The van der Waals surface area contributed by atoms with Crippen molar-refractivity contribution in [2.45, 2.75) is 13.2 Å². The lowest BCUT2D eigenvalue weighted by Gasteiger charge is -2.33. The summed E-state index contributed by atoms with van der Waals surface area (Å²) in [5, 5.41) is 6.95. The highest BCUT2D eigenvalue weighted by Crippen LogP contribution is 2.23. The van der Waals surface area contributed by atoms with E-state index in [-0.39, 0.29) is 11.7 Å². The number of halogens is 2. The number of carbonyl (C=O) groups excluding carboxylic acids is 1.